The molecule has 1 aliphatic heterocycles. The number of carbonyl (C=O) groups excluding carboxylic acids is 4. The highest BCUT2D eigenvalue weighted by Crippen LogP contribution is 2.45. The Bertz CT molecular complexity index is 1110. The van der Waals surface area contributed by atoms with Crippen LogP contribution in [0, 0.1) is 0 Å². The predicted molar refractivity (Wildman–Crippen MR) is 119 cm³/mol. The minimum atomic E-state index is -1.38. The Morgan fingerprint density at radius 2 is 1.56 bits per heavy atom. The fraction of sp³-hybridized carbons (Fsp3) is 0.200. The molecule has 1 N–H and O–H groups in total. The molecule has 0 spiro atoms. The number of anilines is 1. The maximum atomic E-state index is 12.8. The van der Waals surface area contributed by atoms with Crippen LogP contribution in [0.25, 0.3) is 0 Å². The van der Waals surface area contributed by atoms with Crippen LogP contribution in [0.5, 0.6) is 5.75 Å². The van der Waals surface area contributed by atoms with E-state index in [2.05, 4.69) is 5.32 Å². The first-order valence-electron chi connectivity index (χ1n) is 8.92. The smallest absolute Gasteiger partial charge is 0.329 e. The first kappa shape index (κ1) is 24.1. The minimum Gasteiger partial charge on any atom is -0.497 e. The summed E-state index contributed by atoms with van der Waals surface area (Å²) in [7, 11) is 1.48. The van der Waals surface area contributed by atoms with E-state index in [0.717, 1.165) is 0 Å². The lowest BCUT2D eigenvalue weighted by Gasteiger charge is -2.20. The summed E-state index contributed by atoms with van der Waals surface area (Å²) in [6, 6.07) is 5.17. The topological polar surface area (TPSA) is 102 Å². The van der Waals surface area contributed by atoms with Gasteiger partial charge in [-0.2, -0.15) is 0 Å². The molecule has 2 aromatic rings. The van der Waals surface area contributed by atoms with Crippen LogP contribution in [-0.2, 0) is 14.3 Å². The highest BCUT2D eigenvalue weighted by atomic mass is 35.5. The van der Waals surface area contributed by atoms with Gasteiger partial charge >= 0.3 is 5.97 Å². The van der Waals surface area contributed by atoms with E-state index in [1.54, 1.807) is 24.3 Å². The van der Waals surface area contributed by atoms with Crippen LogP contribution in [0.1, 0.15) is 27.6 Å². The molecule has 0 aromatic heterocycles. The van der Waals surface area contributed by atoms with Gasteiger partial charge in [0.05, 0.1) is 38.3 Å². The first-order chi connectivity index (χ1) is 15.1. The Morgan fingerprint density at radius 1 is 1.00 bits per heavy atom. The van der Waals surface area contributed by atoms with Crippen molar-refractivity contribution in [1.29, 1.82) is 0 Å². The third-order valence-corrected chi connectivity index (χ3v) is 6.36. The summed E-state index contributed by atoms with van der Waals surface area (Å²) < 4.78 is 10.0. The molecule has 32 heavy (non-hydrogen) atoms. The van der Waals surface area contributed by atoms with Gasteiger partial charge in [-0.1, -0.05) is 52.5 Å². The summed E-state index contributed by atoms with van der Waals surface area (Å²) in [6.07, 6.45) is 0. The summed E-state index contributed by atoms with van der Waals surface area (Å²) in [5.41, 5.74) is -0.0881. The average molecular weight is 520 g/mol. The van der Waals surface area contributed by atoms with E-state index in [1.807, 2.05) is 0 Å². The van der Waals surface area contributed by atoms with Crippen LogP contribution in [0.15, 0.2) is 24.3 Å². The van der Waals surface area contributed by atoms with E-state index in [1.165, 1.54) is 14.0 Å². The van der Waals surface area contributed by atoms with Crippen molar-refractivity contribution in [3.05, 3.63) is 55.5 Å². The predicted octanol–water partition coefficient (Wildman–Crippen LogP) is 4.48. The number of ether oxygens (including phenoxy) is 2. The second-order valence-electron chi connectivity index (χ2n) is 6.55. The van der Waals surface area contributed by atoms with Crippen molar-refractivity contribution in [2.75, 3.05) is 19.0 Å². The van der Waals surface area contributed by atoms with Crippen molar-refractivity contribution < 1.29 is 28.7 Å². The van der Waals surface area contributed by atoms with Crippen molar-refractivity contribution in [3.63, 3.8) is 0 Å². The SMILES string of the molecule is COc1cccc(NC(=O)COC(=O)[C@@H](C)N2C(=O)c3c(Cl)c(Cl)c(Cl)c(Cl)c3C2=O)c1. The molecule has 8 nitrogen and oxygen atoms in total. The fourth-order valence-electron chi connectivity index (χ4n) is 2.98. The summed E-state index contributed by atoms with van der Waals surface area (Å²) >= 11 is 24.1. The van der Waals surface area contributed by atoms with Gasteiger partial charge in [-0.25, -0.2) is 4.79 Å². The van der Waals surface area contributed by atoms with Crippen molar-refractivity contribution in [3.8, 4) is 5.75 Å². The maximum Gasteiger partial charge on any atom is 0.329 e. The molecule has 0 radical (unpaired) electrons. The largest absolute Gasteiger partial charge is 0.497 e. The van der Waals surface area contributed by atoms with Gasteiger partial charge in [-0.3, -0.25) is 19.3 Å². The Kier molecular flexibility index (Phi) is 7.19. The molecule has 0 fully saturated rings. The summed E-state index contributed by atoms with van der Waals surface area (Å²) in [6.45, 7) is 0.609. The molecule has 3 amide bonds. The monoisotopic (exact) mass is 518 g/mol. The Hall–Kier alpha value is -2.52. The number of methoxy groups -OCH3 is 1. The van der Waals surface area contributed by atoms with Gasteiger partial charge < -0.3 is 14.8 Å². The van der Waals surface area contributed by atoms with Crippen LogP contribution >= 0.6 is 46.4 Å². The molecule has 1 atom stereocenters. The van der Waals surface area contributed by atoms with Gasteiger partial charge in [0, 0.05) is 11.8 Å². The number of nitrogens with zero attached hydrogens (tertiary/aromatic N) is 1. The van der Waals surface area contributed by atoms with Gasteiger partial charge in [0.2, 0.25) is 0 Å². The second kappa shape index (κ2) is 9.54. The van der Waals surface area contributed by atoms with Crippen LogP contribution in [0.2, 0.25) is 20.1 Å². The number of rotatable bonds is 6. The summed E-state index contributed by atoms with van der Waals surface area (Å²) in [4.78, 5) is 50.7. The lowest BCUT2D eigenvalue weighted by Crippen LogP contribution is -2.44. The third-order valence-electron chi connectivity index (χ3n) is 4.56. The molecule has 168 valence electrons. The standard InChI is InChI=1S/C20H14Cl4N2O6/c1-8(20(30)32-7-11(27)25-9-4-3-5-10(6-9)31-2)26-18(28)12-13(19(26)29)15(22)17(24)16(23)14(12)21/h3-6,8H,7H2,1-2H3,(H,25,27)/t8-/m1/s1. The number of benzene rings is 2. The number of amides is 3. The number of fused-ring (bicyclic) bond motifs is 1. The van der Waals surface area contributed by atoms with Crippen molar-refractivity contribution >= 4 is 75.8 Å². The van der Waals surface area contributed by atoms with Gasteiger partial charge in [0.25, 0.3) is 17.7 Å². The molecule has 3 rings (SSSR count). The number of esters is 1. The normalized spacial score (nSPS) is 13.6. The number of hydrogen-bond acceptors (Lipinski definition) is 6. The number of nitrogens with one attached hydrogen (secondary N) is 1. The molecule has 0 aliphatic carbocycles. The Labute approximate surface area is 202 Å². The van der Waals surface area contributed by atoms with E-state index in [-0.39, 0.29) is 31.2 Å². The zero-order valence-corrected chi connectivity index (χ0v) is 19.5. The van der Waals surface area contributed by atoms with E-state index >= 15 is 0 Å². The van der Waals surface area contributed by atoms with Crippen molar-refractivity contribution in [2.24, 2.45) is 0 Å². The molecule has 2 aromatic carbocycles. The van der Waals surface area contributed by atoms with E-state index in [9.17, 15) is 19.2 Å². The van der Waals surface area contributed by atoms with Gasteiger partial charge in [-0.15, -0.1) is 0 Å². The van der Waals surface area contributed by atoms with Crippen LogP contribution in [0.4, 0.5) is 5.69 Å². The van der Waals surface area contributed by atoms with Gasteiger partial charge in [-0.05, 0) is 19.1 Å². The molecule has 12 heteroatoms. The fourth-order valence-corrected chi connectivity index (χ4v) is 3.99. The number of halogens is 4. The highest BCUT2D eigenvalue weighted by molar-refractivity contribution is 6.55. The Morgan fingerprint density at radius 3 is 2.09 bits per heavy atom. The lowest BCUT2D eigenvalue weighted by atomic mass is 10.1. The van der Waals surface area contributed by atoms with Crippen LogP contribution < -0.4 is 10.1 Å². The quantitative estimate of drug-likeness (QED) is 0.261. The van der Waals surface area contributed by atoms with Crippen LogP contribution in [0.3, 0.4) is 0 Å². The molecular formula is C20H14Cl4N2O6. The molecule has 0 bridgehead atoms. The highest BCUT2D eigenvalue weighted by Gasteiger charge is 2.45. The molecule has 0 saturated carbocycles. The van der Waals surface area contributed by atoms with E-state index in [0.29, 0.717) is 16.3 Å². The van der Waals surface area contributed by atoms with Crippen LogP contribution in [-0.4, -0.2) is 48.3 Å². The molecular weight excluding hydrogens is 506 g/mol. The number of carbonyl (C=O) groups is 4. The molecule has 1 aliphatic rings. The Balaban J connectivity index is 1.70. The van der Waals surface area contributed by atoms with Crippen molar-refractivity contribution in [2.45, 2.75) is 13.0 Å². The van der Waals surface area contributed by atoms with Gasteiger partial charge in [0.15, 0.2) is 6.61 Å². The summed E-state index contributed by atoms with van der Waals surface area (Å²) in [5.74, 6) is -2.88. The minimum absolute atomic E-state index is 0.190. The van der Waals surface area contributed by atoms with E-state index in [4.69, 9.17) is 55.9 Å². The second-order valence-corrected chi connectivity index (χ2v) is 8.06. The van der Waals surface area contributed by atoms with E-state index < -0.39 is 36.3 Å². The average Bonchev–Trinajstić information content (AvgIpc) is 3.04. The maximum absolute atomic E-state index is 12.8. The summed E-state index contributed by atoms with van der Waals surface area (Å²) in [5, 5.41) is 1.64. The molecule has 0 unspecified atom stereocenters. The number of hydrogen-bond donors (Lipinski definition) is 1. The number of imide groups is 1. The zero-order valence-electron chi connectivity index (χ0n) is 16.5. The first-order valence-corrected chi connectivity index (χ1v) is 10.4. The zero-order chi connectivity index (χ0) is 23.7. The molecule has 1 heterocycles. The van der Waals surface area contributed by atoms with Gasteiger partial charge in [0.1, 0.15) is 11.8 Å². The van der Waals surface area contributed by atoms with Crippen molar-refractivity contribution in [1.82, 2.24) is 4.90 Å². The third kappa shape index (κ3) is 4.36. The molecule has 0 saturated heterocycles. The lowest BCUT2D eigenvalue weighted by molar-refractivity contribution is -0.150.